The largest absolute Gasteiger partial charge is 0.492 e. The maximum Gasteiger partial charge on any atom is 0.362 e. The maximum atomic E-state index is 14.5. The second-order valence-electron chi connectivity index (χ2n) is 8.39. The van der Waals surface area contributed by atoms with Gasteiger partial charge in [0, 0.05) is 38.4 Å². The Morgan fingerprint density at radius 1 is 1.23 bits per heavy atom. The zero-order valence-electron chi connectivity index (χ0n) is 19.1. The number of anilines is 1. The summed E-state index contributed by atoms with van der Waals surface area (Å²) in [6.07, 6.45) is 4.88. The fraction of sp³-hybridized carbons (Fsp3) is 0.435. The summed E-state index contributed by atoms with van der Waals surface area (Å²) in [6, 6.07) is 6.63. The first-order valence-corrected chi connectivity index (χ1v) is 11.4. The van der Waals surface area contributed by atoms with Gasteiger partial charge in [-0.3, -0.25) is 4.90 Å². The summed E-state index contributed by atoms with van der Waals surface area (Å²) in [5.41, 5.74) is 1.36. The van der Waals surface area contributed by atoms with Crippen LogP contribution in [0.3, 0.4) is 0 Å². The standard InChI is InChI=1S/C23H27FN6O4.ClH/c24-17-12-16(13-18(14-17)33-11-8-28-6-9-32-10-7-28)20-2-1-4-29(20)21-3-5-30-22(27-21)19(15-26-30)23(31)34-25;/h3,5,12-15,20H,1-2,4,6-11,25H2;1H/t20-;/m1./s1. The number of hydrogen-bond acceptors (Lipinski definition) is 9. The minimum absolute atomic E-state index is 0. The molecule has 188 valence electrons. The van der Waals surface area contributed by atoms with Gasteiger partial charge in [-0.2, -0.15) is 11.0 Å². The van der Waals surface area contributed by atoms with Gasteiger partial charge in [0.25, 0.3) is 0 Å². The number of carbonyl (C=O) groups excluding carboxylic acids is 1. The molecule has 2 aliphatic rings. The molecule has 0 radical (unpaired) electrons. The molecule has 0 bridgehead atoms. The molecule has 2 aliphatic heterocycles. The van der Waals surface area contributed by atoms with E-state index in [1.54, 1.807) is 12.3 Å². The van der Waals surface area contributed by atoms with Crippen LogP contribution in [0.2, 0.25) is 0 Å². The zero-order chi connectivity index (χ0) is 23.5. The zero-order valence-corrected chi connectivity index (χ0v) is 20.0. The third kappa shape index (κ3) is 5.48. The predicted octanol–water partition coefficient (Wildman–Crippen LogP) is 2.37. The summed E-state index contributed by atoms with van der Waals surface area (Å²) >= 11 is 0. The molecule has 12 heteroatoms. The molecule has 0 saturated carbocycles. The molecule has 10 nitrogen and oxygen atoms in total. The lowest BCUT2D eigenvalue weighted by Gasteiger charge is -2.27. The van der Waals surface area contributed by atoms with E-state index in [4.69, 9.17) is 15.4 Å². The van der Waals surface area contributed by atoms with Gasteiger partial charge in [0.05, 0.1) is 25.5 Å². The Hall–Kier alpha value is -2.99. The summed E-state index contributed by atoms with van der Waals surface area (Å²) in [6.45, 7) is 5.24. The number of halogens is 2. The molecule has 0 amide bonds. The summed E-state index contributed by atoms with van der Waals surface area (Å²) in [7, 11) is 0. The number of carbonyl (C=O) groups is 1. The Morgan fingerprint density at radius 2 is 2.06 bits per heavy atom. The van der Waals surface area contributed by atoms with Crippen LogP contribution < -0.4 is 15.5 Å². The molecule has 5 rings (SSSR count). The molecule has 2 fully saturated rings. The number of ether oxygens (including phenoxy) is 2. The van der Waals surface area contributed by atoms with Crippen molar-refractivity contribution in [3.05, 3.63) is 53.6 Å². The summed E-state index contributed by atoms with van der Waals surface area (Å²) < 4.78 is 27.3. The van der Waals surface area contributed by atoms with E-state index in [1.165, 1.54) is 16.8 Å². The Bertz CT molecular complexity index is 1170. The molecule has 0 unspecified atom stereocenters. The van der Waals surface area contributed by atoms with Crippen LogP contribution >= 0.6 is 12.4 Å². The molecule has 0 spiro atoms. The first-order chi connectivity index (χ1) is 16.6. The lowest BCUT2D eigenvalue weighted by Crippen LogP contribution is -2.38. The Balaban J connectivity index is 0.00000289. The highest BCUT2D eigenvalue weighted by Crippen LogP contribution is 2.37. The highest BCUT2D eigenvalue weighted by Gasteiger charge is 2.29. The van der Waals surface area contributed by atoms with Crippen LogP contribution in [0.4, 0.5) is 10.2 Å². The molecule has 2 saturated heterocycles. The highest BCUT2D eigenvalue weighted by atomic mass is 35.5. The van der Waals surface area contributed by atoms with Crippen molar-refractivity contribution in [3.8, 4) is 5.75 Å². The molecular weight excluding hydrogens is 479 g/mol. The molecule has 0 aliphatic carbocycles. The van der Waals surface area contributed by atoms with Gasteiger partial charge in [-0.25, -0.2) is 18.7 Å². The summed E-state index contributed by atoms with van der Waals surface area (Å²) in [5.74, 6) is 5.18. The minimum atomic E-state index is -0.707. The fourth-order valence-corrected chi connectivity index (χ4v) is 4.59. The number of rotatable bonds is 7. The molecule has 1 aromatic carbocycles. The average Bonchev–Trinajstić information content (AvgIpc) is 3.51. The van der Waals surface area contributed by atoms with E-state index in [0.29, 0.717) is 23.8 Å². The van der Waals surface area contributed by atoms with Crippen molar-refractivity contribution in [2.45, 2.75) is 18.9 Å². The van der Waals surface area contributed by atoms with Crippen LogP contribution in [0.1, 0.15) is 34.8 Å². The molecule has 35 heavy (non-hydrogen) atoms. The van der Waals surface area contributed by atoms with Crippen LogP contribution in [0.15, 0.2) is 36.7 Å². The smallest absolute Gasteiger partial charge is 0.362 e. The van der Waals surface area contributed by atoms with E-state index in [1.807, 2.05) is 12.1 Å². The van der Waals surface area contributed by atoms with E-state index in [0.717, 1.165) is 57.8 Å². The number of morpholine rings is 1. The first-order valence-electron chi connectivity index (χ1n) is 11.4. The van der Waals surface area contributed by atoms with Gasteiger partial charge < -0.3 is 19.2 Å². The van der Waals surface area contributed by atoms with Crippen LogP contribution in [0.25, 0.3) is 5.65 Å². The van der Waals surface area contributed by atoms with Crippen molar-refractivity contribution in [1.82, 2.24) is 19.5 Å². The van der Waals surface area contributed by atoms with Crippen LogP contribution in [-0.2, 0) is 9.57 Å². The van der Waals surface area contributed by atoms with Gasteiger partial charge in [-0.05, 0) is 36.6 Å². The number of aromatic nitrogens is 3. The summed E-state index contributed by atoms with van der Waals surface area (Å²) in [5, 5.41) is 4.12. The normalized spacial score (nSPS) is 18.5. The second-order valence-corrected chi connectivity index (χ2v) is 8.39. The second kappa shape index (κ2) is 11.2. The van der Waals surface area contributed by atoms with E-state index >= 15 is 0 Å². The average molecular weight is 507 g/mol. The molecular formula is C23H28ClFN6O4. The van der Waals surface area contributed by atoms with Crippen molar-refractivity contribution >= 4 is 29.8 Å². The first kappa shape index (κ1) is 25.1. The van der Waals surface area contributed by atoms with Crippen molar-refractivity contribution in [2.75, 3.05) is 50.9 Å². The third-order valence-corrected chi connectivity index (χ3v) is 6.29. The monoisotopic (exact) mass is 506 g/mol. The van der Waals surface area contributed by atoms with Gasteiger partial charge >= 0.3 is 5.97 Å². The van der Waals surface area contributed by atoms with E-state index in [-0.39, 0.29) is 29.8 Å². The maximum absolute atomic E-state index is 14.5. The summed E-state index contributed by atoms with van der Waals surface area (Å²) in [4.78, 5) is 25.3. The highest BCUT2D eigenvalue weighted by molar-refractivity contribution is 5.95. The number of fused-ring (bicyclic) bond motifs is 1. The molecule has 1 atom stereocenters. The third-order valence-electron chi connectivity index (χ3n) is 6.29. The number of benzene rings is 1. The predicted molar refractivity (Wildman–Crippen MR) is 128 cm³/mol. The van der Waals surface area contributed by atoms with Gasteiger partial charge in [0.2, 0.25) is 0 Å². The molecule has 2 aromatic heterocycles. The Morgan fingerprint density at radius 3 is 2.86 bits per heavy atom. The van der Waals surface area contributed by atoms with Gasteiger partial charge in [-0.15, -0.1) is 12.4 Å². The van der Waals surface area contributed by atoms with E-state index < -0.39 is 5.97 Å². The lowest BCUT2D eigenvalue weighted by molar-refractivity contribution is 0.0322. The SMILES string of the molecule is Cl.NOC(=O)c1cnn2ccc(N3CCC[C@@H]3c3cc(F)cc(OCCN4CCOCC4)c3)nc12. The van der Waals surface area contributed by atoms with Crippen molar-refractivity contribution in [2.24, 2.45) is 5.90 Å². The minimum Gasteiger partial charge on any atom is -0.492 e. The molecule has 2 N–H and O–H groups in total. The Kier molecular flexibility index (Phi) is 8.01. The van der Waals surface area contributed by atoms with Gasteiger partial charge in [-0.1, -0.05) is 0 Å². The fourth-order valence-electron chi connectivity index (χ4n) is 4.59. The van der Waals surface area contributed by atoms with Crippen molar-refractivity contribution in [3.63, 3.8) is 0 Å². The van der Waals surface area contributed by atoms with Crippen LogP contribution in [0, 0.1) is 5.82 Å². The van der Waals surface area contributed by atoms with Gasteiger partial charge in [0.15, 0.2) is 5.65 Å². The number of nitrogens with zero attached hydrogens (tertiary/aromatic N) is 5. The quantitative estimate of drug-likeness (QED) is 0.483. The topological polar surface area (TPSA) is 107 Å². The lowest BCUT2D eigenvalue weighted by atomic mass is 10.0. The van der Waals surface area contributed by atoms with Gasteiger partial charge in [0.1, 0.15) is 29.6 Å². The number of nitrogens with two attached hydrogens (primary N) is 1. The van der Waals surface area contributed by atoms with Crippen molar-refractivity contribution in [1.29, 1.82) is 0 Å². The van der Waals surface area contributed by atoms with Crippen LogP contribution in [0.5, 0.6) is 5.75 Å². The van der Waals surface area contributed by atoms with Crippen LogP contribution in [-0.4, -0.2) is 71.5 Å². The molecule has 3 aromatic rings. The van der Waals surface area contributed by atoms with Crippen molar-refractivity contribution < 1.29 is 23.5 Å². The van der Waals surface area contributed by atoms with E-state index in [9.17, 15) is 9.18 Å². The molecule has 4 heterocycles. The number of hydrogen-bond donors (Lipinski definition) is 1. The van der Waals surface area contributed by atoms with E-state index in [2.05, 4.69) is 24.7 Å². The Labute approximate surface area is 208 Å².